The van der Waals surface area contributed by atoms with Crippen molar-refractivity contribution < 1.29 is 4.92 Å². The van der Waals surface area contributed by atoms with E-state index < -0.39 is 0 Å². The Bertz CT molecular complexity index is 671. The fraction of sp³-hybridized carbons (Fsp3) is 0.200. The van der Waals surface area contributed by atoms with Gasteiger partial charge >= 0.3 is 0 Å². The molecular weight excluding hydrogens is 320 g/mol. The molecule has 0 aliphatic heterocycles. The van der Waals surface area contributed by atoms with Crippen LogP contribution < -0.4 is 5.73 Å². The van der Waals surface area contributed by atoms with Gasteiger partial charge in [0.25, 0.3) is 5.69 Å². The number of nitro benzene ring substituents is 1. The van der Waals surface area contributed by atoms with Crippen LogP contribution in [0.15, 0.2) is 40.9 Å². The average Bonchev–Trinajstić information content (AvgIpc) is 2.40. The van der Waals surface area contributed by atoms with Crippen molar-refractivity contribution >= 4 is 21.6 Å². The Hall–Kier alpha value is -1.72. The van der Waals surface area contributed by atoms with Gasteiger partial charge in [-0.2, -0.15) is 0 Å². The zero-order valence-corrected chi connectivity index (χ0v) is 12.8. The molecule has 2 N–H and O–H groups in total. The second-order valence-corrected chi connectivity index (χ2v) is 5.68. The smallest absolute Gasteiger partial charge is 0.270 e. The van der Waals surface area contributed by atoms with Crippen molar-refractivity contribution in [2.24, 2.45) is 5.73 Å². The molecule has 0 heterocycles. The molecule has 0 fully saturated rings. The number of hydrogen-bond acceptors (Lipinski definition) is 3. The van der Waals surface area contributed by atoms with Crippen LogP contribution in [-0.4, -0.2) is 4.92 Å². The van der Waals surface area contributed by atoms with Gasteiger partial charge < -0.3 is 5.73 Å². The predicted molar refractivity (Wildman–Crippen MR) is 82.7 cm³/mol. The largest absolute Gasteiger partial charge is 0.320 e. The van der Waals surface area contributed by atoms with Gasteiger partial charge in [-0.1, -0.05) is 28.1 Å². The summed E-state index contributed by atoms with van der Waals surface area (Å²) in [5.41, 5.74) is 9.93. The van der Waals surface area contributed by atoms with Gasteiger partial charge in [0.2, 0.25) is 0 Å². The summed E-state index contributed by atoms with van der Waals surface area (Å²) >= 11 is 3.41. The van der Waals surface area contributed by atoms with E-state index in [9.17, 15) is 10.1 Å². The molecule has 0 aliphatic carbocycles. The van der Waals surface area contributed by atoms with Crippen LogP contribution in [0.5, 0.6) is 0 Å². The predicted octanol–water partition coefficient (Wildman–Crippen LogP) is 4.02. The van der Waals surface area contributed by atoms with Gasteiger partial charge in [-0.05, 0) is 48.2 Å². The standard InChI is InChI=1S/C15H15BrN2O2/c1-9-6-13(18(19)20)8-14(10(9)2)15(17)11-4-3-5-12(16)7-11/h3-8,15H,17H2,1-2H3. The topological polar surface area (TPSA) is 69.2 Å². The Morgan fingerprint density at radius 2 is 1.95 bits per heavy atom. The molecule has 0 aliphatic rings. The minimum absolute atomic E-state index is 0.0774. The summed E-state index contributed by atoms with van der Waals surface area (Å²) in [5, 5.41) is 11.0. The number of nitrogens with zero attached hydrogens (tertiary/aromatic N) is 1. The summed E-state index contributed by atoms with van der Waals surface area (Å²) in [7, 11) is 0. The lowest BCUT2D eigenvalue weighted by atomic mass is 9.93. The molecule has 0 amide bonds. The molecule has 5 heteroatoms. The molecule has 0 saturated carbocycles. The first-order valence-electron chi connectivity index (χ1n) is 6.16. The van der Waals surface area contributed by atoms with Crippen molar-refractivity contribution in [3.8, 4) is 0 Å². The molecule has 1 unspecified atom stereocenters. The van der Waals surface area contributed by atoms with Crippen LogP contribution in [-0.2, 0) is 0 Å². The summed E-state index contributed by atoms with van der Waals surface area (Å²) in [6.07, 6.45) is 0. The van der Waals surface area contributed by atoms with Crippen molar-refractivity contribution in [3.05, 3.63) is 73.2 Å². The van der Waals surface area contributed by atoms with E-state index >= 15 is 0 Å². The van der Waals surface area contributed by atoms with E-state index in [0.29, 0.717) is 0 Å². The molecule has 0 aromatic heterocycles. The van der Waals surface area contributed by atoms with Crippen LogP contribution in [0.1, 0.15) is 28.3 Å². The molecule has 0 radical (unpaired) electrons. The van der Waals surface area contributed by atoms with Gasteiger partial charge in [0, 0.05) is 16.6 Å². The minimum atomic E-state index is -0.385. The van der Waals surface area contributed by atoms with Crippen molar-refractivity contribution in [3.63, 3.8) is 0 Å². The third-order valence-electron chi connectivity index (χ3n) is 3.45. The highest BCUT2D eigenvalue weighted by Crippen LogP contribution is 2.29. The van der Waals surface area contributed by atoms with Gasteiger partial charge in [0.05, 0.1) is 11.0 Å². The Morgan fingerprint density at radius 3 is 2.55 bits per heavy atom. The molecular formula is C15H15BrN2O2. The average molecular weight is 335 g/mol. The number of benzene rings is 2. The SMILES string of the molecule is Cc1cc([N+](=O)[O-])cc(C(N)c2cccc(Br)c2)c1C. The maximum Gasteiger partial charge on any atom is 0.270 e. The van der Waals surface area contributed by atoms with Crippen LogP contribution >= 0.6 is 15.9 Å². The van der Waals surface area contributed by atoms with Crippen molar-refractivity contribution in [2.75, 3.05) is 0 Å². The molecule has 0 saturated heterocycles. The number of nitrogens with two attached hydrogens (primary N) is 1. The van der Waals surface area contributed by atoms with Crippen molar-refractivity contribution in [1.82, 2.24) is 0 Å². The molecule has 20 heavy (non-hydrogen) atoms. The van der Waals surface area contributed by atoms with Gasteiger partial charge in [-0.3, -0.25) is 10.1 Å². The van der Waals surface area contributed by atoms with E-state index in [4.69, 9.17) is 5.73 Å². The van der Waals surface area contributed by atoms with Crippen LogP contribution in [0.25, 0.3) is 0 Å². The number of aryl methyl sites for hydroxylation is 1. The molecule has 2 aromatic carbocycles. The second kappa shape index (κ2) is 5.73. The first-order valence-corrected chi connectivity index (χ1v) is 6.96. The lowest BCUT2D eigenvalue weighted by Gasteiger charge is -2.17. The Labute approximate surface area is 125 Å². The van der Waals surface area contributed by atoms with E-state index in [-0.39, 0.29) is 16.7 Å². The summed E-state index contributed by atoms with van der Waals surface area (Å²) in [4.78, 5) is 10.6. The first kappa shape index (κ1) is 14.7. The number of rotatable bonds is 3. The van der Waals surface area contributed by atoms with E-state index in [0.717, 1.165) is 26.7 Å². The van der Waals surface area contributed by atoms with Crippen LogP contribution in [0.3, 0.4) is 0 Å². The quantitative estimate of drug-likeness (QED) is 0.680. The number of hydrogen-bond donors (Lipinski definition) is 1. The highest BCUT2D eigenvalue weighted by molar-refractivity contribution is 9.10. The maximum absolute atomic E-state index is 11.0. The van der Waals surface area contributed by atoms with Gasteiger partial charge in [0.15, 0.2) is 0 Å². The lowest BCUT2D eigenvalue weighted by Crippen LogP contribution is -2.14. The molecule has 0 spiro atoms. The third kappa shape index (κ3) is 2.89. The lowest BCUT2D eigenvalue weighted by molar-refractivity contribution is -0.385. The summed E-state index contributed by atoms with van der Waals surface area (Å²) in [6, 6.07) is 10.4. The Balaban J connectivity index is 2.54. The minimum Gasteiger partial charge on any atom is -0.320 e. The second-order valence-electron chi connectivity index (χ2n) is 4.77. The van der Waals surface area contributed by atoms with Crippen LogP contribution in [0.4, 0.5) is 5.69 Å². The maximum atomic E-state index is 11.0. The highest BCUT2D eigenvalue weighted by Gasteiger charge is 2.18. The van der Waals surface area contributed by atoms with E-state index in [1.165, 1.54) is 0 Å². The fourth-order valence-corrected chi connectivity index (χ4v) is 2.59. The monoisotopic (exact) mass is 334 g/mol. The molecule has 2 rings (SSSR count). The van der Waals surface area contributed by atoms with Crippen LogP contribution in [0, 0.1) is 24.0 Å². The van der Waals surface area contributed by atoms with Crippen LogP contribution in [0.2, 0.25) is 0 Å². The highest BCUT2D eigenvalue weighted by atomic mass is 79.9. The summed E-state index contributed by atoms with van der Waals surface area (Å²) in [6.45, 7) is 3.80. The molecule has 1 atom stereocenters. The Kier molecular flexibility index (Phi) is 4.20. The third-order valence-corrected chi connectivity index (χ3v) is 3.94. The molecule has 104 valence electrons. The first-order chi connectivity index (χ1) is 9.40. The molecule has 2 aromatic rings. The fourth-order valence-electron chi connectivity index (χ4n) is 2.18. The van der Waals surface area contributed by atoms with Gasteiger partial charge in [0.1, 0.15) is 0 Å². The summed E-state index contributed by atoms with van der Waals surface area (Å²) < 4.78 is 0.935. The van der Waals surface area contributed by atoms with Crippen molar-refractivity contribution in [1.29, 1.82) is 0 Å². The Morgan fingerprint density at radius 1 is 1.25 bits per heavy atom. The number of halogens is 1. The molecule has 0 bridgehead atoms. The van der Waals surface area contributed by atoms with E-state index in [2.05, 4.69) is 15.9 Å². The zero-order valence-electron chi connectivity index (χ0n) is 11.3. The van der Waals surface area contributed by atoms with E-state index in [1.807, 2.05) is 38.1 Å². The molecule has 4 nitrogen and oxygen atoms in total. The van der Waals surface area contributed by atoms with Gasteiger partial charge in [-0.15, -0.1) is 0 Å². The van der Waals surface area contributed by atoms with E-state index in [1.54, 1.807) is 12.1 Å². The zero-order chi connectivity index (χ0) is 14.9. The van der Waals surface area contributed by atoms with Crippen molar-refractivity contribution in [2.45, 2.75) is 19.9 Å². The summed E-state index contributed by atoms with van der Waals surface area (Å²) in [5.74, 6) is 0. The van der Waals surface area contributed by atoms with Gasteiger partial charge in [-0.25, -0.2) is 0 Å². The normalized spacial score (nSPS) is 12.2. The number of non-ortho nitro benzene ring substituents is 1. The number of nitro groups is 1.